The Morgan fingerprint density at radius 1 is 1.16 bits per heavy atom. The molecule has 1 aromatic carbocycles. The van der Waals surface area contributed by atoms with Crippen LogP contribution in [-0.2, 0) is 0 Å². The number of hydrogen-bond acceptors (Lipinski definition) is 2. The van der Waals surface area contributed by atoms with Gasteiger partial charge >= 0.3 is 6.18 Å². The Bertz CT molecular complexity index is 383. The maximum atomic E-state index is 12.6. The molecular weight excluding hydrogens is 253 g/mol. The van der Waals surface area contributed by atoms with E-state index in [0.29, 0.717) is 19.6 Å². The zero-order valence-corrected chi connectivity index (χ0v) is 10.7. The number of hydrogen-bond donors (Lipinski definition) is 1. The van der Waals surface area contributed by atoms with E-state index < -0.39 is 12.1 Å². The minimum Gasteiger partial charge on any atom is -0.323 e. The fourth-order valence-electron chi connectivity index (χ4n) is 2.53. The summed E-state index contributed by atoms with van der Waals surface area (Å²) in [7, 11) is 0. The smallest absolute Gasteiger partial charge is 0.323 e. The van der Waals surface area contributed by atoms with Gasteiger partial charge in [0.05, 0.1) is 5.92 Å². The highest BCUT2D eigenvalue weighted by atomic mass is 19.4. The second-order valence-electron chi connectivity index (χ2n) is 5.13. The topological polar surface area (TPSA) is 29.3 Å². The first-order valence-corrected chi connectivity index (χ1v) is 6.56. The Kier molecular flexibility index (Phi) is 4.47. The molecule has 2 rings (SSSR count). The predicted molar refractivity (Wildman–Crippen MR) is 68.6 cm³/mol. The van der Waals surface area contributed by atoms with E-state index in [9.17, 15) is 13.2 Å². The molecular formula is C14H19F3N2. The third-order valence-electron chi connectivity index (χ3n) is 3.73. The average Bonchev–Trinajstić information content (AvgIpc) is 2.39. The van der Waals surface area contributed by atoms with Gasteiger partial charge in [-0.15, -0.1) is 0 Å². The quantitative estimate of drug-likeness (QED) is 0.916. The van der Waals surface area contributed by atoms with Gasteiger partial charge in [0.1, 0.15) is 0 Å². The van der Waals surface area contributed by atoms with Gasteiger partial charge in [0, 0.05) is 12.6 Å². The van der Waals surface area contributed by atoms with Gasteiger partial charge in [-0.2, -0.15) is 13.2 Å². The molecule has 1 heterocycles. The zero-order chi connectivity index (χ0) is 13.9. The molecule has 2 N–H and O–H groups in total. The van der Waals surface area contributed by atoms with Crippen molar-refractivity contribution in [2.75, 3.05) is 19.6 Å². The van der Waals surface area contributed by atoms with Crippen molar-refractivity contribution >= 4 is 0 Å². The molecule has 0 amide bonds. The first-order valence-electron chi connectivity index (χ1n) is 6.56. The molecule has 0 aliphatic carbocycles. The summed E-state index contributed by atoms with van der Waals surface area (Å²) < 4.78 is 37.7. The van der Waals surface area contributed by atoms with Crippen LogP contribution < -0.4 is 5.73 Å². The standard InChI is InChI=1S/C14H19F3N2/c15-14(16,17)12-6-8-19(9-7-12)10-13(18)11-4-2-1-3-5-11/h1-5,12-13H,6-10,18H2. The lowest BCUT2D eigenvalue weighted by molar-refractivity contribution is -0.185. The Morgan fingerprint density at radius 3 is 2.26 bits per heavy atom. The molecule has 1 atom stereocenters. The molecule has 106 valence electrons. The van der Waals surface area contributed by atoms with Crippen molar-refractivity contribution in [2.24, 2.45) is 11.7 Å². The molecule has 1 aromatic rings. The fraction of sp³-hybridized carbons (Fsp3) is 0.571. The third kappa shape index (κ3) is 3.94. The Hall–Kier alpha value is -1.07. The van der Waals surface area contributed by atoms with Crippen molar-refractivity contribution in [3.8, 4) is 0 Å². The van der Waals surface area contributed by atoms with Gasteiger partial charge in [-0.3, -0.25) is 0 Å². The highest BCUT2D eigenvalue weighted by Gasteiger charge is 2.41. The highest BCUT2D eigenvalue weighted by Crippen LogP contribution is 2.34. The van der Waals surface area contributed by atoms with Gasteiger partial charge in [-0.1, -0.05) is 30.3 Å². The first kappa shape index (κ1) is 14.3. The SMILES string of the molecule is NC(CN1CCC(C(F)(F)F)CC1)c1ccccc1. The second-order valence-corrected chi connectivity index (χ2v) is 5.13. The van der Waals surface area contributed by atoms with Crippen molar-refractivity contribution in [3.05, 3.63) is 35.9 Å². The second kappa shape index (κ2) is 5.92. The molecule has 1 unspecified atom stereocenters. The van der Waals surface area contributed by atoms with E-state index in [2.05, 4.69) is 0 Å². The summed E-state index contributed by atoms with van der Waals surface area (Å²) in [5, 5.41) is 0. The zero-order valence-electron chi connectivity index (χ0n) is 10.7. The maximum Gasteiger partial charge on any atom is 0.391 e. The molecule has 1 fully saturated rings. The lowest BCUT2D eigenvalue weighted by Gasteiger charge is -2.34. The number of alkyl halides is 3. The van der Waals surface area contributed by atoms with E-state index in [1.807, 2.05) is 35.2 Å². The molecule has 1 aliphatic heterocycles. The van der Waals surface area contributed by atoms with Crippen LogP contribution in [0, 0.1) is 5.92 Å². The number of likely N-dealkylation sites (tertiary alicyclic amines) is 1. The van der Waals surface area contributed by atoms with E-state index in [4.69, 9.17) is 5.73 Å². The number of piperidine rings is 1. The van der Waals surface area contributed by atoms with Crippen molar-refractivity contribution in [1.29, 1.82) is 0 Å². The normalized spacial score (nSPS) is 20.4. The highest BCUT2D eigenvalue weighted by molar-refractivity contribution is 5.18. The number of rotatable bonds is 3. The number of nitrogens with zero attached hydrogens (tertiary/aromatic N) is 1. The van der Waals surface area contributed by atoms with Crippen LogP contribution in [0.1, 0.15) is 24.4 Å². The van der Waals surface area contributed by atoms with E-state index >= 15 is 0 Å². The summed E-state index contributed by atoms with van der Waals surface area (Å²) in [6.07, 6.45) is -3.68. The van der Waals surface area contributed by atoms with E-state index in [1.54, 1.807) is 0 Å². The summed E-state index contributed by atoms with van der Waals surface area (Å²) in [5.41, 5.74) is 7.11. The minimum atomic E-state index is -4.05. The largest absolute Gasteiger partial charge is 0.391 e. The molecule has 1 aliphatic rings. The van der Waals surface area contributed by atoms with Crippen LogP contribution in [0.15, 0.2) is 30.3 Å². The van der Waals surface area contributed by atoms with Crippen LogP contribution in [0.4, 0.5) is 13.2 Å². The van der Waals surface area contributed by atoms with Crippen LogP contribution in [0.5, 0.6) is 0 Å². The van der Waals surface area contributed by atoms with Crippen LogP contribution >= 0.6 is 0 Å². The molecule has 0 spiro atoms. The number of nitrogens with two attached hydrogens (primary N) is 1. The van der Waals surface area contributed by atoms with Crippen LogP contribution in [0.2, 0.25) is 0 Å². The molecule has 0 bridgehead atoms. The summed E-state index contributed by atoms with van der Waals surface area (Å²) in [4.78, 5) is 2.03. The Morgan fingerprint density at radius 2 is 1.74 bits per heavy atom. The summed E-state index contributed by atoms with van der Waals surface area (Å²) in [6.45, 7) is 1.57. The summed E-state index contributed by atoms with van der Waals surface area (Å²) in [5.74, 6) is -1.14. The van der Waals surface area contributed by atoms with E-state index in [-0.39, 0.29) is 18.9 Å². The van der Waals surface area contributed by atoms with Crippen molar-refractivity contribution in [1.82, 2.24) is 4.90 Å². The molecule has 19 heavy (non-hydrogen) atoms. The van der Waals surface area contributed by atoms with Gasteiger partial charge in [0.2, 0.25) is 0 Å². The van der Waals surface area contributed by atoms with Crippen molar-refractivity contribution < 1.29 is 13.2 Å². The van der Waals surface area contributed by atoms with Gasteiger partial charge in [-0.25, -0.2) is 0 Å². The first-order chi connectivity index (χ1) is 8.97. The molecule has 0 aromatic heterocycles. The molecule has 0 saturated carbocycles. The van der Waals surface area contributed by atoms with Gasteiger partial charge in [-0.05, 0) is 31.5 Å². The van der Waals surface area contributed by atoms with Crippen LogP contribution in [0.25, 0.3) is 0 Å². The van der Waals surface area contributed by atoms with Crippen molar-refractivity contribution in [3.63, 3.8) is 0 Å². The van der Waals surface area contributed by atoms with Gasteiger partial charge in [0.15, 0.2) is 0 Å². The monoisotopic (exact) mass is 272 g/mol. The molecule has 5 heteroatoms. The van der Waals surface area contributed by atoms with Crippen LogP contribution in [-0.4, -0.2) is 30.7 Å². The molecule has 2 nitrogen and oxygen atoms in total. The average molecular weight is 272 g/mol. The lowest BCUT2D eigenvalue weighted by Crippen LogP contribution is -2.41. The van der Waals surface area contributed by atoms with Gasteiger partial charge in [0.25, 0.3) is 0 Å². The number of halogens is 3. The van der Waals surface area contributed by atoms with Crippen molar-refractivity contribution in [2.45, 2.75) is 25.1 Å². The Labute approximate surface area is 111 Å². The summed E-state index contributed by atoms with van der Waals surface area (Å²) >= 11 is 0. The van der Waals surface area contributed by atoms with E-state index in [0.717, 1.165) is 5.56 Å². The van der Waals surface area contributed by atoms with Crippen LogP contribution in [0.3, 0.4) is 0 Å². The van der Waals surface area contributed by atoms with Gasteiger partial charge < -0.3 is 10.6 Å². The fourth-order valence-corrected chi connectivity index (χ4v) is 2.53. The number of benzene rings is 1. The predicted octanol–water partition coefficient (Wildman–Crippen LogP) is 2.96. The lowest BCUT2D eigenvalue weighted by atomic mass is 9.95. The van der Waals surface area contributed by atoms with E-state index in [1.165, 1.54) is 0 Å². The minimum absolute atomic E-state index is 0.136. The Balaban J connectivity index is 1.83. The maximum absolute atomic E-state index is 12.6. The molecule has 0 radical (unpaired) electrons. The third-order valence-corrected chi connectivity index (χ3v) is 3.73. The molecule has 1 saturated heterocycles. The summed E-state index contributed by atoms with van der Waals surface area (Å²) in [6, 6.07) is 9.53.